The minimum Gasteiger partial charge on any atom is -0.493 e. The molecule has 0 heterocycles. The van der Waals surface area contributed by atoms with Crippen LogP contribution in [0.1, 0.15) is 45.1 Å². The lowest BCUT2D eigenvalue weighted by molar-refractivity contribution is 0.120. The monoisotopic (exact) mass is 477 g/mol. The van der Waals surface area contributed by atoms with Gasteiger partial charge in [-0.05, 0) is 57.2 Å². The molecule has 7 heteroatoms. The lowest BCUT2D eigenvalue weighted by Gasteiger charge is -2.27. The molecule has 2 rings (SSSR count). The lowest BCUT2D eigenvalue weighted by atomic mass is 9.93. The molecular formula is C19H32IN3O3. The average Bonchev–Trinajstić information content (AvgIpc) is 2.63. The number of halogens is 1. The number of hydrogen-bond donors (Lipinski definition) is 3. The first-order valence-electron chi connectivity index (χ1n) is 9.18. The average molecular weight is 477 g/mol. The highest BCUT2D eigenvalue weighted by Gasteiger charge is 2.19. The minimum atomic E-state index is -0.145. The molecule has 3 N–H and O–H groups in total. The number of ether oxygens (including phenoxy) is 2. The second-order valence-corrected chi connectivity index (χ2v) is 6.26. The van der Waals surface area contributed by atoms with E-state index in [4.69, 9.17) is 9.47 Å². The first-order valence-corrected chi connectivity index (χ1v) is 9.18. The Kier molecular flexibility index (Phi) is 10.7. The molecule has 26 heavy (non-hydrogen) atoms. The van der Waals surface area contributed by atoms with E-state index in [1.54, 1.807) is 7.11 Å². The fourth-order valence-electron chi connectivity index (χ4n) is 2.99. The summed E-state index contributed by atoms with van der Waals surface area (Å²) in [6, 6.07) is 6.28. The van der Waals surface area contributed by atoms with Crippen LogP contribution in [0.3, 0.4) is 0 Å². The van der Waals surface area contributed by atoms with E-state index in [2.05, 4.69) is 22.5 Å². The van der Waals surface area contributed by atoms with E-state index in [1.807, 2.05) is 25.1 Å². The largest absolute Gasteiger partial charge is 0.493 e. The summed E-state index contributed by atoms with van der Waals surface area (Å²) in [5.41, 5.74) is 1.07. The van der Waals surface area contributed by atoms with Crippen molar-refractivity contribution in [2.75, 3.05) is 20.3 Å². The maximum Gasteiger partial charge on any atom is 0.191 e. The van der Waals surface area contributed by atoms with Crippen LogP contribution in [0.5, 0.6) is 11.5 Å². The van der Waals surface area contributed by atoms with Crippen LogP contribution in [0.2, 0.25) is 0 Å². The number of guanidine groups is 1. The molecule has 0 unspecified atom stereocenters. The zero-order valence-corrected chi connectivity index (χ0v) is 18.3. The van der Waals surface area contributed by atoms with Gasteiger partial charge in [-0.25, -0.2) is 4.99 Å². The van der Waals surface area contributed by atoms with Gasteiger partial charge < -0.3 is 25.2 Å². The highest BCUT2D eigenvalue weighted by molar-refractivity contribution is 14.0. The van der Waals surface area contributed by atoms with Gasteiger partial charge in [0.15, 0.2) is 17.5 Å². The van der Waals surface area contributed by atoms with Gasteiger partial charge in [-0.3, -0.25) is 0 Å². The third-order valence-corrected chi connectivity index (χ3v) is 4.33. The number of nitrogens with zero attached hydrogens (tertiary/aromatic N) is 1. The molecule has 0 spiro atoms. The minimum absolute atomic E-state index is 0. The number of benzene rings is 1. The Hall–Kier alpha value is -1.22. The molecule has 0 bridgehead atoms. The predicted molar refractivity (Wildman–Crippen MR) is 116 cm³/mol. The van der Waals surface area contributed by atoms with Crippen molar-refractivity contribution in [3.63, 3.8) is 0 Å². The predicted octanol–water partition coefficient (Wildman–Crippen LogP) is 3.07. The number of rotatable bonds is 7. The second kappa shape index (κ2) is 12.2. The van der Waals surface area contributed by atoms with E-state index in [9.17, 15) is 5.11 Å². The van der Waals surface area contributed by atoms with Crippen LogP contribution in [-0.2, 0) is 6.54 Å². The van der Waals surface area contributed by atoms with Gasteiger partial charge in [0.05, 0.1) is 26.4 Å². The molecule has 0 atom stereocenters. The van der Waals surface area contributed by atoms with Crippen molar-refractivity contribution in [3.05, 3.63) is 23.8 Å². The zero-order chi connectivity index (χ0) is 18.1. The Balaban J connectivity index is 0.00000338. The van der Waals surface area contributed by atoms with Crippen LogP contribution in [0.15, 0.2) is 23.2 Å². The quantitative estimate of drug-likeness (QED) is 0.320. The standard InChI is InChI=1S/C19H31N3O3.HI/c1-4-20-19(22-15-7-9-16(23)10-8-15)21-13-14-6-11-17(25-5-2)18(12-14)24-3;/h6,11-12,15-16,23H,4-5,7-10,13H2,1-3H3,(H2,20,21,22);1H. The molecule has 0 amide bonds. The van der Waals surface area contributed by atoms with Crippen LogP contribution < -0.4 is 20.1 Å². The molecule has 0 aliphatic heterocycles. The molecule has 1 aromatic rings. The summed E-state index contributed by atoms with van der Waals surface area (Å²) < 4.78 is 10.9. The second-order valence-electron chi connectivity index (χ2n) is 6.26. The third-order valence-electron chi connectivity index (χ3n) is 4.33. The van der Waals surface area contributed by atoms with Crippen molar-refractivity contribution in [3.8, 4) is 11.5 Å². The summed E-state index contributed by atoms with van der Waals surface area (Å²) in [5.74, 6) is 2.30. The summed E-state index contributed by atoms with van der Waals surface area (Å²) in [6.07, 6.45) is 3.51. The summed E-state index contributed by atoms with van der Waals surface area (Å²) in [7, 11) is 1.65. The van der Waals surface area contributed by atoms with Gasteiger partial charge in [-0.2, -0.15) is 0 Å². The van der Waals surface area contributed by atoms with E-state index in [0.29, 0.717) is 19.2 Å². The Morgan fingerprint density at radius 1 is 1.19 bits per heavy atom. The number of hydrogen-bond acceptors (Lipinski definition) is 4. The van der Waals surface area contributed by atoms with Crippen LogP contribution >= 0.6 is 24.0 Å². The van der Waals surface area contributed by atoms with Crippen LogP contribution in [0.25, 0.3) is 0 Å². The molecular weight excluding hydrogens is 445 g/mol. The van der Waals surface area contributed by atoms with Gasteiger partial charge in [-0.15, -0.1) is 24.0 Å². The summed E-state index contributed by atoms with van der Waals surface area (Å²) in [4.78, 5) is 4.68. The molecule has 1 aliphatic carbocycles. The Morgan fingerprint density at radius 3 is 2.54 bits per heavy atom. The van der Waals surface area contributed by atoms with Crippen molar-refractivity contribution in [2.24, 2.45) is 4.99 Å². The summed E-state index contributed by atoms with van der Waals surface area (Å²) in [6.45, 7) is 6.00. The van der Waals surface area contributed by atoms with E-state index in [-0.39, 0.29) is 30.1 Å². The van der Waals surface area contributed by atoms with Crippen LogP contribution in [0.4, 0.5) is 0 Å². The molecule has 0 radical (unpaired) electrons. The van der Waals surface area contributed by atoms with Crippen LogP contribution in [-0.4, -0.2) is 43.5 Å². The fourth-order valence-corrected chi connectivity index (χ4v) is 2.99. The van der Waals surface area contributed by atoms with E-state index in [0.717, 1.165) is 55.3 Å². The van der Waals surface area contributed by atoms with Gasteiger partial charge in [0.2, 0.25) is 0 Å². The Bertz CT molecular complexity index is 561. The SMILES string of the molecule is CCNC(=NCc1ccc(OCC)c(OC)c1)NC1CCC(O)CC1.I. The molecule has 1 fully saturated rings. The number of aliphatic hydroxyl groups is 1. The van der Waals surface area contributed by atoms with Crippen LogP contribution in [0, 0.1) is 0 Å². The highest BCUT2D eigenvalue weighted by atomic mass is 127. The lowest BCUT2D eigenvalue weighted by Crippen LogP contribution is -2.45. The Morgan fingerprint density at radius 2 is 1.92 bits per heavy atom. The molecule has 6 nitrogen and oxygen atoms in total. The third kappa shape index (κ3) is 7.19. The van der Waals surface area contributed by atoms with Gasteiger partial charge in [0.1, 0.15) is 0 Å². The maximum absolute atomic E-state index is 9.63. The highest BCUT2D eigenvalue weighted by Crippen LogP contribution is 2.28. The summed E-state index contributed by atoms with van der Waals surface area (Å²) in [5, 5.41) is 16.4. The van der Waals surface area contributed by atoms with Crippen molar-refractivity contribution in [2.45, 2.75) is 58.2 Å². The van der Waals surface area contributed by atoms with Gasteiger partial charge in [0, 0.05) is 12.6 Å². The summed E-state index contributed by atoms with van der Waals surface area (Å²) >= 11 is 0. The van der Waals surface area contributed by atoms with Crippen molar-refractivity contribution in [1.29, 1.82) is 0 Å². The molecule has 1 saturated carbocycles. The van der Waals surface area contributed by atoms with Crippen molar-refractivity contribution >= 4 is 29.9 Å². The van der Waals surface area contributed by atoms with Gasteiger partial charge in [0.25, 0.3) is 0 Å². The normalized spacial score (nSPS) is 20.1. The van der Waals surface area contributed by atoms with E-state index < -0.39 is 0 Å². The van der Waals surface area contributed by atoms with Gasteiger partial charge >= 0.3 is 0 Å². The van der Waals surface area contributed by atoms with Crippen molar-refractivity contribution < 1.29 is 14.6 Å². The molecule has 0 saturated heterocycles. The topological polar surface area (TPSA) is 75.1 Å². The molecule has 0 aromatic heterocycles. The van der Waals surface area contributed by atoms with Crippen molar-refractivity contribution in [1.82, 2.24) is 10.6 Å². The molecule has 1 aromatic carbocycles. The molecule has 1 aliphatic rings. The zero-order valence-electron chi connectivity index (χ0n) is 16.0. The smallest absolute Gasteiger partial charge is 0.191 e. The number of aliphatic imine (C=N–C) groups is 1. The van der Waals surface area contributed by atoms with E-state index in [1.165, 1.54) is 0 Å². The first kappa shape index (κ1) is 22.8. The number of nitrogens with one attached hydrogen (secondary N) is 2. The molecule has 148 valence electrons. The Labute approximate surface area is 173 Å². The number of aliphatic hydroxyl groups excluding tert-OH is 1. The maximum atomic E-state index is 9.63. The first-order chi connectivity index (χ1) is 12.2. The fraction of sp³-hybridized carbons (Fsp3) is 0.632. The van der Waals surface area contributed by atoms with E-state index >= 15 is 0 Å². The van der Waals surface area contributed by atoms with Gasteiger partial charge in [-0.1, -0.05) is 6.07 Å². The number of methoxy groups -OCH3 is 1.